The molecule has 0 atom stereocenters. The van der Waals surface area contributed by atoms with Crippen LogP contribution in [-0.2, 0) is 14.8 Å². The van der Waals surface area contributed by atoms with Crippen molar-refractivity contribution in [1.82, 2.24) is 5.32 Å². The lowest BCUT2D eigenvalue weighted by molar-refractivity contribution is -0.116. The molecule has 0 bridgehead atoms. The van der Waals surface area contributed by atoms with Crippen LogP contribution in [0, 0.1) is 6.92 Å². The molecule has 0 aliphatic rings. The maximum atomic E-state index is 11.6. The fraction of sp³-hybridized carbons (Fsp3) is 0.417. The van der Waals surface area contributed by atoms with Crippen LogP contribution in [-0.4, -0.2) is 27.9 Å². The first-order chi connectivity index (χ1) is 8.84. The van der Waals surface area contributed by atoms with Gasteiger partial charge in [-0.2, -0.15) is 0 Å². The van der Waals surface area contributed by atoms with E-state index in [0.29, 0.717) is 17.7 Å². The molecule has 0 spiro atoms. The van der Waals surface area contributed by atoms with Crippen LogP contribution in [0.1, 0.15) is 18.4 Å². The topological polar surface area (TPSA) is 101 Å². The van der Waals surface area contributed by atoms with E-state index in [1.165, 1.54) is 6.07 Å². The molecule has 19 heavy (non-hydrogen) atoms. The summed E-state index contributed by atoms with van der Waals surface area (Å²) in [5.74, 6) is -0.153. The Hall–Kier alpha value is -1.44. The molecule has 4 N–H and O–H groups in total. The first-order valence-corrected chi connectivity index (χ1v) is 7.47. The Balaban J connectivity index is 2.78. The molecular formula is C12H19N3O3S. The number of primary sulfonamides is 1. The second kappa shape index (κ2) is 6.65. The van der Waals surface area contributed by atoms with Crippen LogP contribution in [0.4, 0.5) is 5.69 Å². The standard InChI is InChI=1S/C12H19N3O3S/c1-9-5-6-10(8-11(9)19(13,17)18)15-12(16)4-3-7-14-2/h5-6,8,14H,3-4,7H2,1-2H3,(H,15,16)(H2,13,17,18). The van der Waals surface area contributed by atoms with Crippen molar-refractivity contribution >= 4 is 21.6 Å². The van der Waals surface area contributed by atoms with Crippen molar-refractivity contribution in [1.29, 1.82) is 0 Å². The second-order valence-corrected chi connectivity index (χ2v) is 5.81. The van der Waals surface area contributed by atoms with Crippen molar-refractivity contribution in [3.05, 3.63) is 23.8 Å². The Morgan fingerprint density at radius 1 is 1.37 bits per heavy atom. The molecule has 0 radical (unpaired) electrons. The maximum absolute atomic E-state index is 11.6. The van der Waals surface area contributed by atoms with Crippen LogP contribution < -0.4 is 15.8 Å². The van der Waals surface area contributed by atoms with Gasteiger partial charge in [-0.15, -0.1) is 0 Å². The van der Waals surface area contributed by atoms with Gasteiger partial charge in [0.1, 0.15) is 0 Å². The Labute approximate surface area is 113 Å². The van der Waals surface area contributed by atoms with Crippen LogP contribution in [0.5, 0.6) is 0 Å². The predicted octanol–water partition coefficient (Wildman–Crippen LogP) is 0.581. The van der Waals surface area contributed by atoms with Crippen molar-refractivity contribution in [3.8, 4) is 0 Å². The van der Waals surface area contributed by atoms with Crippen LogP contribution in [0.3, 0.4) is 0 Å². The third kappa shape index (κ3) is 4.98. The summed E-state index contributed by atoms with van der Waals surface area (Å²) in [7, 11) is -1.96. The Bertz CT molecular complexity index is 555. The molecule has 1 amide bonds. The highest BCUT2D eigenvalue weighted by Crippen LogP contribution is 2.19. The number of carbonyl (C=O) groups excluding carboxylic acids is 1. The molecular weight excluding hydrogens is 266 g/mol. The van der Waals surface area contributed by atoms with Gasteiger partial charge in [-0.3, -0.25) is 4.79 Å². The smallest absolute Gasteiger partial charge is 0.238 e. The zero-order chi connectivity index (χ0) is 14.5. The van der Waals surface area contributed by atoms with Gasteiger partial charge in [-0.05, 0) is 44.6 Å². The van der Waals surface area contributed by atoms with Crippen molar-refractivity contribution in [2.45, 2.75) is 24.7 Å². The van der Waals surface area contributed by atoms with E-state index in [1.807, 2.05) is 7.05 Å². The number of hydrogen-bond donors (Lipinski definition) is 3. The minimum absolute atomic E-state index is 0.0283. The number of carbonyl (C=O) groups is 1. The van der Waals surface area contributed by atoms with Crippen LogP contribution in [0.25, 0.3) is 0 Å². The average molecular weight is 285 g/mol. The number of sulfonamides is 1. The van der Waals surface area contributed by atoms with Gasteiger partial charge in [0.25, 0.3) is 0 Å². The molecule has 0 unspecified atom stereocenters. The summed E-state index contributed by atoms with van der Waals surface area (Å²) in [6, 6.07) is 4.64. The number of benzene rings is 1. The molecule has 0 aromatic heterocycles. The highest BCUT2D eigenvalue weighted by atomic mass is 32.2. The van der Waals surface area contributed by atoms with Gasteiger partial charge in [-0.25, -0.2) is 13.6 Å². The lowest BCUT2D eigenvalue weighted by atomic mass is 10.2. The third-order valence-corrected chi connectivity index (χ3v) is 3.66. The highest BCUT2D eigenvalue weighted by Gasteiger charge is 2.12. The molecule has 7 heteroatoms. The van der Waals surface area contributed by atoms with E-state index in [2.05, 4.69) is 10.6 Å². The number of nitrogens with two attached hydrogens (primary N) is 1. The summed E-state index contributed by atoms with van der Waals surface area (Å²) in [5.41, 5.74) is 0.986. The number of aryl methyl sites for hydroxylation is 1. The van der Waals surface area contributed by atoms with Crippen molar-refractivity contribution in [3.63, 3.8) is 0 Å². The Morgan fingerprint density at radius 3 is 2.63 bits per heavy atom. The van der Waals surface area contributed by atoms with Crippen LogP contribution in [0.15, 0.2) is 23.1 Å². The summed E-state index contributed by atoms with van der Waals surface area (Å²) in [5, 5.41) is 10.7. The molecule has 1 aromatic carbocycles. The SMILES string of the molecule is CNCCCC(=O)Nc1ccc(C)c(S(N)(=O)=O)c1. The predicted molar refractivity (Wildman–Crippen MR) is 74.3 cm³/mol. The zero-order valence-corrected chi connectivity index (χ0v) is 11.9. The highest BCUT2D eigenvalue weighted by molar-refractivity contribution is 7.89. The van der Waals surface area contributed by atoms with Crippen molar-refractivity contribution < 1.29 is 13.2 Å². The van der Waals surface area contributed by atoms with Gasteiger partial charge >= 0.3 is 0 Å². The number of nitrogens with one attached hydrogen (secondary N) is 2. The van der Waals surface area contributed by atoms with Crippen LogP contribution >= 0.6 is 0 Å². The van der Waals surface area contributed by atoms with Gasteiger partial charge < -0.3 is 10.6 Å². The summed E-state index contributed by atoms with van der Waals surface area (Å²) >= 11 is 0. The normalized spacial score (nSPS) is 11.3. The number of rotatable bonds is 6. The van der Waals surface area contributed by atoms with E-state index in [1.54, 1.807) is 19.1 Å². The molecule has 0 saturated carbocycles. The van der Waals surface area contributed by atoms with Gasteiger partial charge in [0.05, 0.1) is 4.90 Å². The minimum Gasteiger partial charge on any atom is -0.326 e. The first kappa shape index (κ1) is 15.6. The van der Waals surface area contributed by atoms with Crippen molar-refractivity contribution in [2.75, 3.05) is 18.9 Å². The maximum Gasteiger partial charge on any atom is 0.238 e. The van der Waals surface area contributed by atoms with E-state index in [4.69, 9.17) is 5.14 Å². The molecule has 6 nitrogen and oxygen atoms in total. The Kier molecular flexibility index (Phi) is 5.46. The average Bonchev–Trinajstić information content (AvgIpc) is 2.30. The first-order valence-electron chi connectivity index (χ1n) is 5.92. The van der Waals surface area contributed by atoms with Gasteiger partial charge in [-0.1, -0.05) is 6.07 Å². The van der Waals surface area contributed by atoms with Gasteiger partial charge in [0, 0.05) is 12.1 Å². The monoisotopic (exact) mass is 285 g/mol. The minimum atomic E-state index is -3.77. The lowest BCUT2D eigenvalue weighted by Gasteiger charge is -2.09. The van der Waals surface area contributed by atoms with E-state index < -0.39 is 10.0 Å². The largest absolute Gasteiger partial charge is 0.326 e. The number of hydrogen-bond acceptors (Lipinski definition) is 4. The van der Waals surface area contributed by atoms with Crippen LogP contribution in [0.2, 0.25) is 0 Å². The Morgan fingerprint density at radius 2 is 2.05 bits per heavy atom. The molecule has 0 saturated heterocycles. The zero-order valence-electron chi connectivity index (χ0n) is 11.1. The number of amides is 1. The summed E-state index contributed by atoms with van der Waals surface area (Å²) < 4.78 is 22.7. The second-order valence-electron chi connectivity index (χ2n) is 4.28. The van der Waals surface area contributed by atoms with E-state index >= 15 is 0 Å². The molecule has 0 fully saturated rings. The quantitative estimate of drug-likeness (QED) is 0.665. The molecule has 1 aromatic rings. The van der Waals surface area contributed by atoms with E-state index in [9.17, 15) is 13.2 Å². The third-order valence-electron chi connectivity index (χ3n) is 2.61. The van der Waals surface area contributed by atoms with Crippen molar-refractivity contribution in [2.24, 2.45) is 5.14 Å². The molecule has 0 aliphatic carbocycles. The van der Waals surface area contributed by atoms with E-state index in [0.717, 1.165) is 13.0 Å². The fourth-order valence-electron chi connectivity index (χ4n) is 1.63. The molecule has 0 aliphatic heterocycles. The number of anilines is 1. The van der Waals surface area contributed by atoms with Gasteiger partial charge in [0.2, 0.25) is 15.9 Å². The summed E-state index contributed by atoms with van der Waals surface area (Å²) in [6.07, 6.45) is 1.09. The molecule has 0 heterocycles. The lowest BCUT2D eigenvalue weighted by Crippen LogP contribution is -2.17. The summed E-state index contributed by atoms with van der Waals surface area (Å²) in [6.45, 7) is 2.40. The molecule has 106 valence electrons. The fourth-order valence-corrected chi connectivity index (χ4v) is 2.44. The summed E-state index contributed by atoms with van der Waals surface area (Å²) in [4.78, 5) is 11.6. The van der Waals surface area contributed by atoms with Gasteiger partial charge in [0.15, 0.2) is 0 Å². The van der Waals surface area contributed by atoms with E-state index in [-0.39, 0.29) is 10.8 Å². The molecule has 1 rings (SSSR count).